The minimum Gasteiger partial charge on any atom is -0.495 e. The van der Waals surface area contributed by atoms with Gasteiger partial charge >= 0.3 is 0 Å². The van der Waals surface area contributed by atoms with Crippen LogP contribution in [0.1, 0.15) is 12.5 Å². The van der Waals surface area contributed by atoms with Crippen LogP contribution in [0, 0.1) is 0 Å². The summed E-state index contributed by atoms with van der Waals surface area (Å²) in [6.45, 7) is 5.57. The highest BCUT2D eigenvalue weighted by Gasteiger charge is 2.26. The van der Waals surface area contributed by atoms with Gasteiger partial charge in [-0.2, -0.15) is 0 Å². The summed E-state index contributed by atoms with van der Waals surface area (Å²) in [6.07, 6.45) is 0.152. The Balaban J connectivity index is 1.34. The summed E-state index contributed by atoms with van der Waals surface area (Å²) in [5.41, 5.74) is 2.96. The maximum Gasteiger partial charge on any atom is 0.241 e. The van der Waals surface area contributed by atoms with Crippen molar-refractivity contribution in [2.75, 3.05) is 44.7 Å². The van der Waals surface area contributed by atoms with Gasteiger partial charge in [0.25, 0.3) is 0 Å². The second-order valence-electron chi connectivity index (χ2n) is 9.03. The summed E-state index contributed by atoms with van der Waals surface area (Å²) < 4.78 is 11.7. The molecule has 0 atom stereocenters. The van der Waals surface area contributed by atoms with Crippen molar-refractivity contribution in [1.29, 1.82) is 0 Å². The highest BCUT2D eigenvalue weighted by atomic mass is 16.5. The van der Waals surface area contributed by atoms with Crippen molar-refractivity contribution in [3.05, 3.63) is 94.6 Å². The lowest BCUT2D eigenvalue weighted by molar-refractivity contribution is -0.148. The first-order valence-electron chi connectivity index (χ1n) is 12.6. The highest BCUT2D eigenvalue weighted by Crippen LogP contribution is 2.29. The number of rotatable bonds is 7. The van der Waals surface area contributed by atoms with E-state index in [0.717, 1.165) is 43.2 Å². The number of carbonyl (C=O) groups is 1. The molecule has 1 amide bonds. The molecular formula is C30H31N3O4. The molecule has 0 bridgehead atoms. The van der Waals surface area contributed by atoms with Gasteiger partial charge in [-0.05, 0) is 25.1 Å². The number of nitrogens with zero attached hydrogens (tertiary/aromatic N) is 3. The summed E-state index contributed by atoms with van der Waals surface area (Å²) in [5.74, 6) is 1.33. The van der Waals surface area contributed by atoms with E-state index < -0.39 is 0 Å². The summed E-state index contributed by atoms with van der Waals surface area (Å²) in [4.78, 5) is 28.7. The molecule has 3 aromatic carbocycles. The Bertz CT molecular complexity index is 1440. The van der Waals surface area contributed by atoms with E-state index in [2.05, 4.69) is 16.0 Å². The molecule has 5 rings (SSSR count). The number of anilines is 1. The Morgan fingerprint density at radius 1 is 0.946 bits per heavy atom. The first kappa shape index (κ1) is 24.6. The van der Waals surface area contributed by atoms with Gasteiger partial charge in [0.1, 0.15) is 17.1 Å². The highest BCUT2D eigenvalue weighted by molar-refractivity contribution is 5.87. The van der Waals surface area contributed by atoms with Crippen molar-refractivity contribution >= 4 is 22.6 Å². The number of benzene rings is 3. The van der Waals surface area contributed by atoms with E-state index in [1.165, 1.54) is 6.07 Å². The normalized spacial score (nSPS) is 14.1. The maximum absolute atomic E-state index is 13.5. The van der Waals surface area contributed by atoms with E-state index in [1.807, 2.05) is 72.6 Å². The molecule has 0 N–H and O–H groups in total. The van der Waals surface area contributed by atoms with Crippen molar-refractivity contribution in [3.63, 3.8) is 0 Å². The van der Waals surface area contributed by atoms with Gasteiger partial charge in [-0.25, -0.2) is 5.01 Å². The largest absolute Gasteiger partial charge is 0.495 e. The number of piperazine rings is 1. The number of ether oxygens (including phenoxy) is 1. The van der Waals surface area contributed by atoms with E-state index >= 15 is 0 Å². The van der Waals surface area contributed by atoms with Crippen molar-refractivity contribution in [1.82, 2.24) is 10.0 Å². The van der Waals surface area contributed by atoms with E-state index in [0.29, 0.717) is 28.8 Å². The van der Waals surface area contributed by atoms with E-state index in [1.54, 1.807) is 13.2 Å². The lowest BCUT2D eigenvalue weighted by Crippen LogP contribution is -2.56. The standard InChI is InChI=1S/C30H31N3O4/c1-3-33(32-18-16-31(17-19-32)25-14-7-8-15-27(25)36-2)29(35)20-23-12-9-13-24-26(34)21-28(37-30(23)24)22-10-5-4-6-11-22/h4-15,21H,3,16-20H2,1-2H3. The Morgan fingerprint density at radius 2 is 1.68 bits per heavy atom. The summed E-state index contributed by atoms with van der Waals surface area (Å²) in [6, 6.07) is 24.5. The van der Waals surface area contributed by atoms with Crippen molar-refractivity contribution in [3.8, 4) is 17.1 Å². The quantitative estimate of drug-likeness (QED) is 0.372. The third-order valence-corrected chi connectivity index (χ3v) is 6.85. The average Bonchev–Trinajstić information content (AvgIpc) is 2.94. The van der Waals surface area contributed by atoms with Crippen LogP contribution in [0.2, 0.25) is 0 Å². The van der Waals surface area contributed by atoms with E-state index in [9.17, 15) is 9.59 Å². The number of amides is 1. The molecule has 37 heavy (non-hydrogen) atoms. The summed E-state index contributed by atoms with van der Waals surface area (Å²) in [5, 5.41) is 4.42. The average molecular weight is 498 g/mol. The number of hydrogen-bond acceptors (Lipinski definition) is 6. The van der Waals surface area contributed by atoms with Crippen LogP contribution in [0.4, 0.5) is 5.69 Å². The van der Waals surface area contributed by atoms with Crippen LogP contribution in [0.15, 0.2) is 88.1 Å². The third kappa shape index (κ3) is 5.08. The molecule has 7 heteroatoms. The van der Waals surface area contributed by atoms with Crippen LogP contribution < -0.4 is 15.1 Å². The van der Waals surface area contributed by atoms with Crippen LogP contribution in [-0.4, -0.2) is 55.8 Å². The van der Waals surface area contributed by atoms with Gasteiger partial charge in [0, 0.05) is 49.9 Å². The first-order valence-corrected chi connectivity index (χ1v) is 12.6. The fourth-order valence-electron chi connectivity index (χ4n) is 4.98. The van der Waals surface area contributed by atoms with Crippen LogP contribution in [0.5, 0.6) is 5.75 Å². The smallest absolute Gasteiger partial charge is 0.241 e. The van der Waals surface area contributed by atoms with Gasteiger partial charge in [0.2, 0.25) is 5.91 Å². The minimum absolute atomic E-state index is 0.0199. The zero-order chi connectivity index (χ0) is 25.8. The number of hydrogen-bond donors (Lipinski definition) is 0. The van der Waals surface area contributed by atoms with Crippen LogP contribution in [0.3, 0.4) is 0 Å². The number of para-hydroxylation sites is 3. The van der Waals surface area contributed by atoms with Gasteiger partial charge in [-0.3, -0.25) is 14.6 Å². The molecule has 190 valence electrons. The zero-order valence-electron chi connectivity index (χ0n) is 21.2. The predicted molar refractivity (Wildman–Crippen MR) is 146 cm³/mol. The molecule has 2 heterocycles. The number of likely N-dealkylation sites (N-methyl/N-ethyl adjacent to an activating group) is 1. The van der Waals surface area contributed by atoms with Gasteiger partial charge in [0.15, 0.2) is 5.43 Å². The molecule has 0 aliphatic carbocycles. The Labute approximate surface area is 216 Å². The Kier molecular flexibility index (Phi) is 7.23. The molecule has 1 fully saturated rings. The Hall–Kier alpha value is -4.10. The SMILES string of the molecule is CCN(C(=O)Cc1cccc2c(=O)cc(-c3ccccc3)oc12)N1CCN(c2ccccc2OC)CC1. The molecule has 1 aliphatic rings. The van der Waals surface area contributed by atoms with Gasteiger partial charge < -0.3 is 14.1 Å². The molecule has 7 nitrogen and oxygen atoms in total. The number of hydrazine groups is 1. The molecule has 1 saturated heterocycles. The lowest BCUT2D eigenvalue weighted by atomic mass is 10.1. The fourth-order valence-corrected chi connectivity index (χ4v) is 4.98. The monoisotopic (exact) mass is 497 g/mol. The number of carbonyl (C=O) groups excluding carboxylic acids is 1. The lowest BCUT2D eigenvalue weighted by Gasteiger charge is -2.41. The molecule has 1 aromatic heterocycles. The van der Waals surface area contributed by atoms with E-state index in [4.69, 9.17) is 9.15 Å². The molecule has 4 aromatic rings. The molecule has 0 spiro atoms. The van der Waals surface area contributed by atoms with Gasteiger partial charge in [-0.1, -0.05) is 54.6 Å². The van der Waals surface area contributed by atoms with Crippen LogP contribution >= 0.6 is 0 Å². The maximum atomic E-state index is 13.5. The first-order chi connectivity index (χ1) is 18.1. The summed E-state index contributed by atoms with van der Waals surface area (Å²) >= 11 is 0. The molecular weight excluding hydrogens is 466 g/mol. The van der Waals surface area contributed by atoms with Crippen molar-refractivity contribution in [2.24, 2.45) is 0 Å². The van der Waals surface area contributed by atoms with Crippen LogP contribution in [0.25, 0.3) is 22.3 Å². The zero-order valence-corrected chi connectivity index (χ0v) is 21.2. The second-order valence-corrected chi connectivity index (χ2v) is 9.03. The van der Waals surface area contributed by atoms with E-state index in [-0.39, 0.29) is 17.8 Å². The molecule has 0 unspecified atom stereocenters. The predicted octanol–water partition coefficient (Wildman–Crippen LogP) is 4.60. The second kappa shape index (κ2) is 10.9. The Morgan fingerprint density at radius 3 is 2.41 bits per heavy atom. The van der Waals surface area contributed by atoms with Crippen LogP contribution in [-0.2, 0) is 11.2 Å². The molecule has 0 radical (unpaired) electrons. The van der Waals surface area contributed by atoms with Gasteiger partial charge in [0.05, 0.1) is 24.6 Å². The van der Waals surface area contributed by atoms with Crippen molar-refractivity contribution < 1.29 is 13.9 Å². The number of methoxy groups -OCH3 is 1. The number of fused-ring (bicyclic) bond motifs is 1. The minimum atomic E-state index is -0.116. The molecule has 1 aliphatic heterocycles. The third-order valence-electron chi connectivity index (χ3n) is 6.85. The fraction of sp³-hybridized carbons (Fsp3) is 0.267. The molecule has 0 saturated carbocycles. The summed E-state index contributed by atoms with van der Waals surface area (Å²) in [7, 11) is 1.69. The topological polar surface area (TPSA) is 66.2 Å². The van der Waals surface area contributed by atoms with Crippen molar-refractivity contribution in [2.45, 2.75) is 13.3 Å². The van der Waals surface area contributed by atoms with Gasteiger partial charge in [-0.15, -0.1) is 0 Å².